The molecule has 2 heterocycles. The van der Waals surface area contributed by atoms with Crippen LogP contribution in [-0.2, 0) is 4.79 Å². The molecular weight excluding hydrogens is 298 g/mol. The van der Waals surface area contributed by atoms with Gasteiger partial charge in [0.2, 0.25) is 5.91 Å². The molecule has 3 rings (SSSR count). The van der Waals surface area contributed by atoms with Gasteiger partial charge in [-0.3, -0.25) is 9.78 Å². The van der Waals surface area contributed by atoms with E-state index < -0.39 is 0 Å². The van der Waals surface area contributed by atoms with Gasteiger partial charge in [0.1, 0.15) is 0 Å². The molecular formula is C20H27N3O. The summed E-state index contributed by atoms with van der Waals surface area (Å²) in [6, 6.07) is 8.69. The summed E-state index contributed by atoms with van der Waals surface area (Å²) in [6.45, 7) is 7.37. The third-order valence-corrected chi connectivity index (χ3v) is 5.11. The molecule has 0 saturated carbocycles. The summed E-state index contributed by atoms with van der Waals surface area (Å²) in [6.07, 6.45) is 3.65. The van der Waals surface area contributed by atoms with Crippen molar-refractivity contribution >= 4 is 16.8 Å². The predicted molar refractivity (Wildman–Crippen MR) is 98.1 cm³/mol. The van der Waals surface area contributed by atoms with Crippen LogP contribution in [0.1, 0.15) is 36.8 Å². The van der Waals surface area contributed by atoms with Crippen molar-refractivity contribution in [3.05, 3.63) is 41.6 Å². The molecule has 128 valence electrons. The normalized spacial score (nSPS) is 21.8. The number of fused-ring (bicyclic) bond motifs is 1. The monoisotopic (exact) mass is 325 g/mol. The topological polar surface area (TPSA) is 45.2 Å². The molecule has 2 atom stereocenters. The number of likely N-dealkylation sites (tertiary alicyclic amines) is 1. The van der Waals surface area contributed by atoms with Crippen molar-refractivity contribution in [1.82, 2.24) is 15.2 Å². The standard InChI is InChI=1S/C20H27N3O/c1-14-11-16(13-23(12-14)10-8-19(24)21-3)17-7-6-15(2)20-18(17)5-4-9-22-20/h4-7,9,14,16H,8,10-13H2,1-3H3,(H,21,24). The second kappa shape index (κ2) is 7.31. The molecule has 1 amide bonds. The molecule has 2 unspecified atom stereocenters. The van der Waals surface area contributed by atoms with Crippen molar-refractivity contribution in [3.63, 3.8) is 0 Å². The number of nitrogens with zero attached hydrogens (tertiary/aromatic N) is 2. The number of carbonyl (C=O) groups excluding carboxylic acids is 1. The number of hydrogen-bond acceptors (Lipinski definition) is 3. The Morgan fingerprint density at radius 3 is 2.96 bits per heavy atom. The molecule has 1 aliphatic heterocycles. The van der Waals surface area contributed by atoms with Crippen LogP contribution in [0.15, 0.2) is 30.5 Å². The molecule has 0 spiro atoms. The van der Waals surface area contributed by atoms with Gasteiger partial charge >= 0.3 is 0 Å². The molecule has 1 aromatic carbocycles. The van der Waals surface area contributed by atoms with Crippen LogP contribution in [0.4, 0.5) is 0 Å². The Kier molecular flexibility index (Phi) is 5.14. The lowest BCUT2D eigenvalue weighted by molar-refractivity contribution is -0.121. The fraction of sp³-hybridized carbons (Fsp3) is 0.500. The van der Waals surface area contributed by atoms with Gasteiger partial charge in [-0.1, -0.05) is 25.1 Å². The number of piperidine rings is 1. The molecule has 1 N–H and O–H groups in total. The SMILES string of the molecule is CNC(=O)CCN1CC(C)CC(c2ccc(C)c3ncccc23)C1. The van der Waals surface area contributed by atoms with E-state index >= 15 is 0 Å². The first-order valence-electron chi connectivity index (χ1n) is 8.85. The van der Waals surface area contributed by atoms with Crippen LogP contribution < -0.4 is 5.32 Å². The van der Waals surface area contributed by atoms with Gasteiger partial charge in [-0.05, 0) is 42.4 Å². The van der Waals surface area contributed by atoms with Crippen LogP contribution >= 0.6 is 0 Å². The van der Waals surface area contributed by atoms with Crippen LogP contribution in [0.3, 0.4) is 0 Å². The molecule has 1 aliphatic rings. The van der Waals surface area contributed by atoms with Crippen molar-refractivity contribution in [2.75, 3.05) is 26.7 Å². The Labute approximate surface area is 144 Å². The minimum absolute atomic E-state index is 0.120. The van der Waals surface area contributed by atoms with E-state index in [2.05, 4.69) is 47.2 Å². The summed E-state index contributed by atoms with van der Waals surface area (Å²) in [5, 5.41) is 4.00. The average Bonchev–Trinajstić information content (AvgIpc) is 2.59. The van der Waals surface area contributed by atoms with E-state index in [-0.39, 0.29) is 5.91 Å². The number of benzene rings is 1. The Hall–Kier alpha value is -1.94. The number of hydrogen-bond donors (Lipinski definition) is 1. The van der Waals surface area contributed by atoms with Crippen molar-refractivity contribution in [2.24, 2.45) is 5.92 Å². The maximum absolute atomic E-state index is 11.6. The van der Waals surface area contributed by atoms with Gasteiger partial charge in [-0.15, -0.1) is 0 Å². The van der Waals surface area contributed by atoms with Crippen LogP contribution in [-0.4, -0.2) is 42.5 Å². The highest BCUT2D eigenvalue weighted by molar-refractivity contribution is 5.85. The lowest BCUT2D eigenvalue weighted by Gasteiger charge is -2.37. The fourth-order valence-corrected chi connectivity index (χ4v) is 3.95. The maximum atomic E-state index is 11.6. The number of aromatic nitrogens is 1. The summed E-state index contributed by atoms with van der Waals surface area (Å²) < 4.78 is 0. The second-order valence-corrected chi connectivity index (χ2v) is 7.09. The molecule has 0 radical (unpaired) electrons. The van der Waals surface area contributed by atoms with Gasteiger partial charge in [0.05, 0.1) is 5.52 Å². The van der Waals surface area contributed by atoms with E-state index in [4.69, 9.17) is 0 Å². The number of amides is 1. The Morgan fingerprint density at radius 2 is 2.17 bits per heavy atom. The zero-order valence-corrected chi connectivity index (χ0v) is 14.9. The highest BCUT2D eigenvalue weighted by Gasteiger charge is 2.27. The van der Waals surface area contributed by atoms with Gasteiger partial charge < -0.3 is 10.2 Å². The van der Waals surface area contributed by atoms with Crippen molar-refractivity contribution in [3.8, 4) is 0 Å². The molecule has 1 saturated heterocycles. The summed E-state index contributed by atoms with van der Waals surface area (Å²) in [5.74, 6) is 1.27. The van der Waals surface area contributed by atoms with E-state index in [1.165, 1.54) is 22.9 Å². The van der Waals surface area contributed by atoms with Crippen LogP contribution in [0.2, 0.25) is 0 Å². The summed E-state index contributed by atoms with van der Waals surface area (Å²) in [5.41, 5.74) is 3.75. The molecule has 4 nitrogen and oxygen atoms in total. The summed E-state index contributed by atoms with van der Waals surface area (Å²) in [4.78, 5) is 18.6. The van der Waals surface area contributed by atoms with E-state index in [0.717, 1.165) is 25.2 Å². The predicted octanol–water partition coefficient (Wildman–Crippen LogP) is 3.10. The van der Waals surface area contributed by atoms with E-state index in [9.17, 15) is 4.79 Å². The third kappa shape index (κ3) is 3.59. The largest absolute Gasteiger partial charge is 0.359 e. The maximum Gasteiger partial charge on any atom is 0.221 e. The van der Waals surface area contributed by atoms with Crippen molar-refractivity contribution in [1.29, 1.82) is 0 Å². The van der Waals surface area contributed by atoms with Crippen molar-refractivity contribution in [2.45, 2.75) is 32.6 Å². The van der Waals surface area contributed by atoms with Crippen molar-refractivity contribution < 1.29 is 4.79 Å². The van der Waals surface area contributed by atoms with E-state index in [0.29, 0.717) is 18.3 Å². The summed E-state index contributed by atoms with van der Waals surface area (Å²) in [7, 11) is 1.70. The molecule has 4 heteroatoms. The van der Waals surface area contributed by atoms with Gasteiger partial charge in [-0.2, -0.15) is 0 Å². The zero-order chi connectivity index (χ0) is 17.1. The van der Waals surface area contributed by atoms with Gasteiger partial charge in [0.25, 0.3) is 0 Å². The molecule has 1 aromatic heterocycles. The third-order valence-electron chi connectivity index (χ3n) is 5.11. The minimum Gasteiger partial charge on any atom is -0.359 e. The molecule has 0 bridgehead atoms. The average molecular weight is 325 g/mol. The first-order valence-corrected chi connectivity index (χ1v) is 8.85. The Bertz CT molecular complexity index is 728. The Morgan fingerprint density at radius 1 is 1.33 bits per heavy atom. The van der Waals surface area contributed by atoms with Crippen LogP contribution in [0.25, 0.3) is 10.9 Å². The highest BCUT2D eigenvalue weighted by Crippen LogP contribution is 2.34. The first-order chi connectivity index (χ1) is 11.6. The lowest BCUT2D eigenvalue weighted by atomic mass is 9.83. The molecule has 2 aromatic rings. The number of rotatable bonds is 4. The van der Waals surface area contributed by atoms with E-state index in [1.54, 1.807) is 7.05 Å². The second-order valence-electron chi connectivity index (χ2n) is 7.09. The molecule has 0 aliphatic carbocycles. The quantitative estimate of drug-likeness (QED) is 0.939. The fourth-order valence-electron chi connectivity index (χ4n) is 3.95. The van der Waals surface area contributed by atoms with Gasteiger partial charge in [0.15, 0.2) is 0 Å². The first kappa shape index (κ1) is 16.9. The zero-order valence-electron chi connectivity index (χ0n) is 14.9. The smallest absolute Gasteiger partial charge is 0.221 e. The molecule has 1 fully saturated rings. The molecule has 24 heavy (non-hydrogen) atoms. The minimum atomic E-state index is 0.120. The number of pyridine rings is 1. The number of carbonyl (C=O) groups is 1. The number of aryl methyl sites for hydroxylation is 1. The number of nitrogens with one attached hydrogen (secondary N) is 1. The Balaban J connectivity index is 1.83. The summed E-state index contributed by atoms with van der Waals surface area (Å²) >= 11 is 0. The van der Waals surface area contributed by atoms with Crippen LogP contribution in [0, 0.1) is 12.8 Å². The van der Waals surface area contributed by atoms with Gasteiger partial charge in [0, 0.05) is 44.7 Å². The lowest BCUT2D eigenvalue weighted by Crippen LogP contribution is -2.40. The highest BCUT2D eigenvalue weighted by atomic mass is 16.1. The van der Waals surface area contributed by atoms with Gasteiger partial charge in [-0.25, -0.2) is 0 Å². The van der Waals surface area contributed by atoms with Crippen LogP contribution in [0.5, 0.6) is 0 Å². The van der Waals surface area contributed by atoms with E-state index in [1.807, 2.05) is 12.3 Å².